The van der Waals surface area contributed by atoms with Gasteiger partial charge < -0.3 is 0 Å². The molecule has 0 aliphatic heterocycles. The molecule has 0 heterocycles. The van der Waals surface area contributed by atoms with E-state index < -0.39 is 0 Å². The van der Waals surface area contributed by atoms with Crippen molar-refractivity contribution >= 4 is 11.1 Å². The van der Waals surface area contributed by atoms with E-state index in [9.17, 15) is 0 Å². The van der Waals surface area contributed by atoms with E-state index in [0.717, 1.165) is 24.8 Å². The highest BCUT2D eigenvalue weighted by Gasteiger charge is 2.28. The molecule has 24 heavy (non-hydrogen) atoms. The maximum atomic E-state index is 4.02. The summed E-state index contributed by atoms with van der Waals surface area (Å²) in [6.45, 7) is 14.7. The van der Waals surface area contributed by atoms with Crippen LogP contribution in [0.25, 0.3) is 11.1 Å². The fourth-order valence-electron chi connectivity index (χ4n) is 3.68. The van der Waals surface area contributed by atoms with E-state index in [1.165, 1.54) is 36.0 Å². The Labute approximate surface area is 148 Å². The summed E-state index contributed by atoms with van der Waals surface area (Å²) in [6.07, 6.45) is 14.0. The summed E-state index contributed by atoms with van der Waals surface area (Å²) in [5, 5.41) is 0. The largest absolute Gasteiger partial charge is 0.103 e. The lowest BCUT2D eigenvalue weighted by molar-refractivity contribution is 0.336. The van der Waals surface area contributed by atoms with Crippen LogP contribution in [-0.2, 0) is 0 Å². The minimum atomic E-state index is 0.296. The van der Waals surface area contributed by atoms with Crippen molar-refractivity contribution in [3.05, 3.63) is 72.4 Å². The van der Waals surface area contributed by atoms with Crippen LogP contribution in [0.1, 0.15) is 70.4 Å². The molecule has 2 rings (SSSR count). The van der Waals surface area contributed by atoms with Gasteiger partial charge in [0, 0.05) is 0 Å². The Morgan fingerprint density at radius 1 is 1.21 bits per heavy atom. The first kappa shape index (κ1) is 18.5. The second-order valence-corrected chi connectivity index (χ2v) is 7.32. The number of benzene rings is 1. The summed E-state index contributed by atoms with van der Waals surface area (Å²) < 4.78 is 0. The van der Waals surface area contributed by atoms with Crippen molar-refractivity contribution in [2.75, 3.05) is 0 Å². The average molecular weight is 321 g/mol. The molecule has 0 saturated carbocycles. The number of hydrogen-bond acceptors (Lipinski definition) is 0. The third-order valence-corrected chi connectivity index (χ3v) is 5.39. The van der Waals surface area contributed by atoms with Crippen molar-refractivity contribution in [2.45, 2.75) is 59.3 Å². The van der Waals surface area contributed by atoms with Crippen molar-refractivity contribution < 1.29 is 0 Å². The van der Waals surface area contributed by atoms with Crippen LogP contribution < -0.4 is 0 Å². The molecule has 1 unspecified atom stereocenters. The van der Waals surface area contributed by atoms with Gasteiger partial charge in [0.15, 0.2) is 0 Å². The van der Waals surface area contributed by atoms with E-state index in [1.807, 2.05) is 0 Å². The fourth-order valence-corrected chi connectivity index (χ4v) is 3.68. The van der Waals surface area contributed by atoms with E-state index >= 15 is 0 Å². The molecule has 0 heteroatoms. The molecule has 1 aromatic rings. The molecule has 128 valence electrons. The lowest BCUT2D eigenvalue weighted by Gasteiger charge is -2.35. The normalized spacial score (nSPS) is 21.3. The van der Waals surface area contributed by atoms with Gasteiger partial charge in [-0.15, -0.1) is 6.58 Å². The second-order valence-electron chi connectivity index (χ2n) is 7.32. The van der Waals surface area contributed by atoms with Gasteiger partial charge >= 0.3 is 0 Å². The number of rotatable bonds is 7. The lowest BCUT2D eigenvalue weighted by Crippen LogP contribution is -2.21. The molecule has 0 saturated heterocycles. The van der Waals surface area contributed by atoms with E-state index in [4.69, 9.17) is 0 Å². The highest BCUT2D eigenvalue weighted by Crippen LogP contribution is 2.43. The van der Waals surface area contributed by atoms with Gasteiger partial charge in [-0.25, -0.2) is 0 Å². The van der Waals surface area contributed by atoms with Crippen molar-refractivity contribution in [2.24, 2.45) is 5.41 Å². The van der Waals surface area contributed by atoms with Gasteiger partial charge in [0.2, 0.25) is 0 Å². The van der Waals surface area contributed by atoms with Gasteiger partial charge in [0.05, 0.1) is 0 Å². The Kier molecular flexibility index (Phi) is 6.43. The molecule has 0 fully saturated rings. The predicted octanol–water partition coefficient (Wildman–Crippen LogP) is 7.60. The summed E-state index contributed by atoms with van der Waals surface area (Å²) in [5.41, 5.74) is 7.02. The zero-order valence-corrected chi connectivity index (χ0v) is 15.7. The van der Waals surface area contributed by atoms with Crippen LogP contribution in [0.4, 0.5) is 0 Å². The van der Waals surface area contributed by atoms with Crippen molar-refractivity contribution in [3.63, 3.8) is 0 Å². The average Bonchev–Trinajstić information content (AvgIpc) is 2.58. The maximum Gasteiger partial charge on any atom is -0.00785 e. The number of allylic oxidation sites excluding steroid dienone is 6. The molecule has 1 aromatic carbocycles. The zero-order chi connectivity index (χ0) is 17.6. The Hall–Kier alpha value is -1.82. The van der Waals surface area contributed by atoms with Crippen LogP contribution in [0.5, 0.6) is 0 Å². The third kappa shape index (κ3) is 4.38. The molecular formula is C24H32. The molecular weight excluding hydrogens is 288 g/mol. The van der Waals surface area contributed by atoms with Crippen LogP contribution in [0.2, 0.25) is 0 Å². The molecule has 0 radical (unpaired) electrons. The van der Waals surface area contributed by atoms with Gasteiger partial charge in [-0.1, -0.05) is 74.1 Å². The van der Waals surface area contributed by atoms with Crippen LogP contribution in [0, 0.1) is 5.41 Å². The summed E-state index contributed by atoms with van der Waals surface area (Å²) in [5.74, 6) is 0. The van der Waals surface area contributed by atoms with E-state index in [0.29, 0.717) is 5.41 Å². The van der Waals surface area contributed by atoms with Crippen LogP contribution >= 0.6 is 0 Å². The Bertz CT molecular complexity index is 639. The Balaban J connectivity index is 2.20. The fraction of sp³-hybridized carbons (Fsp3) is 0.417. The molecule has 0 nitrogen and oxygen atoms in total. The topological polar surface area (TPSA) is 0 Å². The van der Waals surface area contributed by atoms with Crippen molar-refractivity contribution in [3.8, 4) is 0 Å². The SMILES string of the molecule is C=CCC1=CCCCC1(C)C/C=C(\CC)c1ccc(C(=C)C)cc1. The Morgan fingerprint density at radius 2 is 1.88 bits per heavy atom. The minimum absolute atomic E-state index is 0.296. The lowest BCUT2D eigenvalue weighted by atomic mass is 9.70. The first-order valence-electron chi connectivity index (χ1n) is 9.26. The molecule has 1 atom stereocenters. The zero-order valence-electron chi connectivity index (χ0n) is 15.7. The van der Waals surface area contributed by atoms with Gasteiger partial charge in [0.1, 0.15) is 0 Å². The monoisotopic (exact) mass is 320 g/mol. The first-order chi connectivity index (χ1) is 11.5. The summed E-state index contributed by atoms with van der Waals surface area (Å²) >= 11 is 0. The standard InChI is InChI=1S/C24H32/c1-6-10-23-11-8-9-17-24(23,5)18-16-20(7-2)22-14-12-21(13-15-22)19(3)4/h6,11-16H,1,3,7-10,17-18H2,2,4-5H3/b20-16+. The summed E-state index contributed by atoms with van der Waals surface area (Å²) in [7, 11) is 0. The second kappa shape index (κ2) is 8.33. The molecule has 0 spiro atoms. The van der Waals surface area contributed by atoms with Gasteiger partial charge in [-0.2, -0.15) is 0 Å². The summed E-state index contributed by atoms with van der Waals surface area (Å²) in [4.78, 5) is 0. The molecule has 0 bridgehead atoms. The van der Waals surface area contributed by atoms with Gasteiger partial charge in [-0.3, -0.25) is 0 Å². The summed E-state index contributed by atoms with van der Waals surface area (Å²) in [6, 6.07) is 8.85. The van der Waals surface area contributed by atoms with Crippen LogP contribution in [-0.4, -0.2) is 0 Å². The molecule has 1 aliphatic carbocycles. The highest BCUT2D eigenvalue weighted by molar-refractivity contribution is 5.69. The van der Waals surface area contributed by atoms with E-state index in [2.05, 4.69) is 76.4 Å². The highest BCUT2D eigenvalue weighted by atomic mass is 14.3. The number of hydrogen-bond donors (Lipinski definition) is 0. The predicted molar refractivity (Wildman–Crippen MR) is 109 cm³/mol. The maximum absolute atomic E-state index is 4.02. The van der Waals surface area contributed by atoms with Gasteiger partial charge in [-0.05, 0) is 67.6 Å². The minimum Gasteiger partial charge on any atom is -0.103 e. The van der Waals surface area contributed by atoms with Crippen LogP contribution in [0.15, 0.2) is 61.2 Å². The van der Waals surface area contributed by atoms with Crippen LogP contribution in [0.3, 0.4) is 0 Å². The molecule has 0 N–H and O–H groups in total. The third-order valence-electron chi connectivity index (χ3n) is 5.39. The molecule has 0 amide bonds. The van der Waals surface area contributed by atoms with E-state index in [1.54, 1.807) is 5.57 Å². The smallest absolute Gasteiger partial charge is 0.00785 e. The van der Waals surface area contributed by atoms with Gasteiger partial charge in [0.25, 0.3) is 0 Å². The van der Waals surface area contributed by atoms with E-state index in [-0.39, 0.29) is 0 Å². The molecule has 1 aliphatic rings. The molecule has 0 aromatic heterocycles. The quantitative estimate of drug-likeness (QED) is 0.454. The first-order valence-corrected chi connectivity index (χ1v) is 9.26. The van der Waals surface area contributed by atoms with Crippen molar-refractivity contribution in [1.29, 1.82) is 0 Å². The van der Waals surface area contributed by atoms with Crippen molar-refractivity contribution in [1.82, 2.24) is 0 Å². The Morgan fingerprint density at radius 3 is 2.46 bits per heavy atom.